The zero-order chi connectivity index (χ0) is 18.2. The van der Waals surface area contributed by atoms with Crippen molar-refractivity contribution in [2.45, 2.75) is 40.2 Å². The normalized spacial score (nSPS) is 15.4. The third-order valence-corrected chi connectivity index (χ3v) is 4.32. The van der Waals surface area contributed by atoms with Gasteiger partial charge in [-0.2, -0.15) is 0 Å². The van der Waals surface area contributed by atoms with Gasteiger partial charge in [0.1, 0.15) is 23.6 Å². The van der Waals surface area contributed by atoms with Crippen molar-refractivity contribution in [2.24, 2.45) is 5.92 Å². The predicted molar refractivity (Wildman–Crippen MR) is 105 cm³/mol. The quantitative estimate of drug-likeness (QED) is 0.452. The van der Waals surface area contributed by atoms with Gasteiger partial charge < -0.3 is 14.8 Å². The number of thiazole rings is 1. The molecule has 1 aromatic rings. The molecule has 1 amide bonds. The smallest absolute Gasteiger partial charge is 0.278 e. The molecular weight excluding hydrogens is 374 g/mol. The minimum Gasteiger partial charge on any atom is -0.478 e. The monoisotopic (exact) mass is 399 g/mol. The van der Waals surface area contributed by atoms with Crippen LogP contribution in [0.25, 0.3) is 0 Å². The average molecular weight is 400 g/mol. The molecule has 1 aromatic heterocycles. The molecule has 0 saturated carbocycles. The van der Waals surface area contributed by atoms with Crippen LogP contribution in [-0.4, -0.2) is 41.7 Å². The number of halogens is 1. The number of nitrogens with one attached hydrogen (secondary N) is 1. The van der Waals surface area contributed by atoms with Gasteiger partial charge in [0.2, 0.25) is 0 Å². The van der Waals surface area contributed by atoms with E-state index >= 15 is 0 Å². The Hall–Kier alpha value is -1.75. The lowest BCUT2D eigenvalue weighted by Gasteiger charge is -2.15. The predicted octanol–water partition coefficient (Wildman–Crippen LogP) is 3.26. The van der Waals surface area contributed by atoms with Crippen molar-refractivity contribution >= 4 is 29.7 Å². The van der Waals surface area contributed by atoms with Gasteiger partial charge in [-0.15, -0.1) is 24.2 Å². The van der Waals surface area contributed by atoms with Gasteiger partial charge in [0.25, 0.3) is 11.1 Å². The third-order valence-electron chi connectivity index (χ3n) is 3.43. The Morgan fingerprint density at radius 1 is 1.50 bits per heavy atom. The second kappa shape index (κ2) is 11.1. The molecule has 26 heavy (non-hydrogen) atoms. The van der Waals surface area contributed by atoms with Crippen molar-refractivity contribution in [3.8, 4) is 17.0 Å². The van der Waals surface area contributed by atoms with Gasteiger partial charge in [-0.05, 0) is 13.8 Å². The molecule has 2 rings (SSSR count). The maximum atomic E-state index is 12.0. The highest BCUT2D eigenvalue weighted by atomic mass is 35.5. The molecule has 0 aliphatic carbocycles. The van der Waals surface area contributed by atoms with Crippen LogP contribution >= 0.6 is 23.7 Å². The summed E-state index contributed by atoms with van der Waals surface area (Å²) in [6, 6.07) is 0.422. The van der Waals surface area contributed by atoms with Gasteiger partial charge in [0.15, 0.2) is 0 Å². The Morgan fingerprint density at radius 2 is 2.27 bits per heavy atom. The minimum atomic E-state index is -0.158. The van der Waals surface area contributed by atoms with Crippen LogP contribution in [0.15, 0.2) is 18.2 Å². The van der Waals surface area contributed by atoms with E-state index in [1.807, 2.05) is 13.8 Å². The molecule has 0 bridgehead atoms. The van der Waals surface area contributed by atoms with E-state index in [1.54, 1.807) is 6.26 Å². The number of nitrogens with zero attached hydrogens (tertiary/aromatic N) is 2. The Labute approximate surface area is 165 Å². The van der Waals surface area contributed by atoms with Crippen LogP contribution in [0.1, 0.15) is 43.8 Å². The summed E-state index contributed by atoms with van der Waals surface area (Å²) in [4.78, 5) is 18.8. The molecule has 1 saturated heterocycles. The van der Waals surface area contributed by atoms with Crippen molar-refractivity contribution in [1.29, 1.82) is 0 Å². The first-order valence-electron chi connectivity index (χ1n) is 8.40. The number of hydrogen-bond donors (Lipinski definition) is 1. The number of hydrogen-bond acceptors (Lipinski definition) is 6. The molecule has 0 atom stereocenters. The van der Waals surface area contributed by atoms with E-state index in [4.69, 9.17) is 9.47 Å². The maximum absolute atomic E-state index is 12.0. The molecule has 6 nitrogen and oxygen atoms in total. The summed E-state index contributed by atoms with van der Waals surface area (Å²) < 4.78 is 11.1. The molecule has 1 aliphatic rings. The van der Waals surface area contributed by atoms with E-state index in [2.05, 4.69) is 40.9 Å². The lowest BCUT2D eigenvalue weighted by Crippen LogP contribution is -2.27. The van der Waals surface area contributed by atoms with E-state index < -0.39 is 0 Å². The van der Waals surface area contributed by atoms with Gasteiger partial charge in [0.05, 0.1) is 12.7 Å². The zero-order valence-corrected chi connectivity index (χ0v) is 17.2. The summed E-state index contributed by atoms with van der Waals surface area (Å²) in [5, 5.41) is 3.25. The second-order valence-electron chi connectivity index (χ2n) is 6.29. The molecule has 0 unspecified atom stereocenters. The highest BCUT2D eigenvalue weighted by molar-refractivity contribution is 7.15. The van der Waals surface area contributed by atoms with Gasteiger partial charge >= 0.3 is 0 Å². The molecule has 0 radical (unpaired) electrons. The van der Waals surface area contributed by atoms with Gasteiger partial charge in [-0.3, -0.25) is 9.69 Å². The van der Waals surface area contributed by atoms with Crippen LogP contribution in [0.5, 0.6) is 5.19 Å². The van der Waals surface area contributed by atoms with E-state index in [0.717, 1.165) is 5.76 Å². The summed E-state index contributed by atoms with van der Waals surface area (Å²) >= 11 is 1.20. The molecule has 0 aromatic carbocycles. The number of ether oxygens (including phenoxy) is 2. The van der Waals surface area contributed by atoms with Crippen molar-refractivity contribution in [2.75, 3.05) is 19.8 Å². The fourth-order valence-electron chi connectivity index (χ4n) is 2.00. The van der Waals surface area contributed by atoms with E-state index in [0.29, 0.717) is 48.3 Å². The minimum absolute atomic E-state index is 0. The number of aromatic nitrogens is 1. The Kier molecular flexibility index (Phi) is 9.49. The topological polar surface area (TPSA) is 63.7 Å². The lowest BCUT2D eigenvalue weighted by atomic mass is 10.2. The van der Waals surface area contributed by atoms with Crippen molar-refractivity contribution in [3.63, 3.8) is 0 Å². The van der Waals surface area contributed by atoms with Crippen LogP contribution < -0.4 is 10.1 Å². The first kappa shape index (κ1) is 22.3. The molecule has 1 N–H and O–H groups in total. The van der Waals surface area contributed by atoms with Gasteiger partial charge in [-0.25, -0.2) is 4.98 Å². The number of rotatable bonds is 6. The average Bonchev–Trinajstić information content (AvgIpc) is 3.21. The Balaban J connectivity index is 0.00000338. The summed E-state index contributed by atoms with van der Waals surface area (Å²) in [5.74, 6) is 7.05. The van der Waals surface area contributed by atoms with E-state index in [9.17, 15) is 4.79 Å². The third kappa shape index (κ3) is 7.24. The van der Waals surface area contributed by atoms with Gasteiger partial charge in [-0.1, -0.05) is 25.2 Å². The lowest BCUT2D eigenvalue weighted by molar-refractivity contribution is 0.0958. The van der Waals surface area contributed by atoms with Gasteiger partial charge in [0, 0.05) is 24.9 Å². The summed E-state index contributed by atoms with van der Waals surface area (Å²) in [6.07, 6.45) is 3.72. The Morgan fingerprint density at radius 3 is 2.92 bits per heavy atom. The highest BCUT2D eigenvalue weighted by Crippen LogP contribution is 2.22. The number of amides is 1. The number of carbonyl (C=O) groups is 1. The first-order chi connectivity index (χ1) is 12.0. The fourth-order valence-corrected chi connectivity index (χ4v) is 2.66. The molecule has 1 fully saturated rings. The fraction of sp³-hybridized carbons (Fsp3) is 0.556. The first-order valence-corrected chi connectivity index (χ1v) is 9.22. The Bertz CT molecular complexity index is 677. The van der Waals surface area contributed by atoms with Crippen molar-refractivity contribution in [3.05, 3.63) is 23.1 Å². The van der Waals surface area contributed by atoms with Crippen molar-refractivity contribution < 1.29 is 14.3 Å². The molecular formula is C18H26ClN3O3S. The molecule has 2 heterocycles. The van der Waals surface area contributed by atoms with Crippen LogP contribution in [0, 0.1) is 17.8 Å². The molecule has 1 aliphatic heterocycles. The largest absolute Gasteiger partial charge is 0.478 e. The van der Waals surface area contributed by atoms with Crippen molar-refractivity contribution in [1.82, 2.24) is 15.2 Å². The summed E-state index contributed by atoms with van der Waals surface area (Å²) in [5.41, 5.74) is 0. The van der Waals surface area contributed by atoms with E-state index in [1.165, 1.54) is 17.5 Å². The molecule has 8 heteroatoms. The van der Waals surface area contributed by atoms with Crippen LogP contribution in [0.3, 0.4) is 0 Å². The molecule has 0 spiro atoms. The SMILES string of the molecule is CC(C)C#CCCNC(=O)c1cnc(O/C=C2/CN(C(C)C)CO2)s1.Cl. The molecule has 144 valence electrons. The van der Waals surface area contributed by atoms with E-state index in [-0.39, 0.29) is 18.3 Å². The summed E-state index contributed by atoms with van der Waals surface area (Å²) in [6.45, 7) is 10.1. The zero-order valence-electron chi connectivity index (χ0n) is 15.6. The number of carbonyl (C=O) groups excluding carboxylic acids is 1. The standard InChI is InChI=1S/C18H25N3O3S.ClH/c1-13(2)7-5-6-8-19-17(22)16-9-20-18(25-16)23-11-15-10-21(12-24-15)14(3)4;/h9,11,13-14H,6,8,10,12H2,1-4H3,(H,19,22);1H/b15-11-;. The van der Waals surface area contributed by atoms with Crippen LogP contribution in [0.2, 0.25) is 0 Å². The maximum Gasteiger partial charge on any atom is 0.278 e. The van der Waals surface area contributed by atoms with Crippen LogP contribution in [0.4, 0.5) is 0 Å². The second-order valence-corrected chi connectivity index (χ2v) is 7.28. The summed E-state index contributed by atoms with van der Waals surface area (Å²) in [7, 11) is 0. The van der Waals surface area contributed by atoms with Crippen LogP contribution in [-0.2, 0) is 4.74 Å². The highest BCUT2D eigenvalue weighted by Gasteiger charge is 2.20.